The van der Waals surface area contributed by atoms with Gasteiger partial charge in [0.05, 0.1) is 5.69 Å². The summed E-state index contributed by atoms with van der Waals surface area (Å²) in [7, 11) is 0. The van der Waals surface area contributed by atoms with Gasteiger partial charge in [0.25, 0.3) is 11.7 Å². The average Bonchev–Trinajstić information content (AvgIpc) is 3.10. The van der Waals surface area contributed by atoms with Crippen molar-refractivity contribution < 1.29 is 4.79 Å². The van der Waals surface area contributed by atoms with Crippen molar-refractivity contribution >= 4 is 11.7 Å². The van der Waals surface area contributed by atoms with Crippen molar-refractivity contribution in [2.24, 2.45) is 5.92 Å². The summed E-state index contributed by atoms with van der Waals surface area (Å²) in [5, 5.41) is 4.29. The molecule has 6 nitrogen and oxygen atoms in total. The molecule has 1 saturated heterocycles. The number of amides is 1. The van der Waals surface area contributed by atoms with Crippen LogP contribution in [-0.4, -0.2) is 43.5 Å². The van der Waals surface area contributed by atoms with Crippen molar-refractivity contribution in [2.75, 3.05) is 13.1 Å². The van der Waals surface area contributed by atoms with Gasteiger partial charge in [-0.1, -0.05) is 25.1 Å². The van der Waals surface area contributed by atoms with Crippen LogP contribution in [0.1, 0.15) is 35.3 Å². The molecular weight excluding hydrogens is 302 g/mol. The molecule has 1 aliphatic rings. The second-order valence-corrected chi connectivity index (χ2v) is 6.46. The number of hydrogen-bond acceptors (Lipinski definition) is 4. The molecule has 0 aliphatic carbocycles. The molecule has 2 atom stereocenters. The zero-order valence-corrected chi connectivity index (χ0v) is 13.5. The minimum atomic E-state index is 0.0936. The summed E-state index contributed by atoms with van der Waals surface area (Å²) < 4.78 is 1.79. The Labute approximate surface area is 140 Å². The summed E-state index contributed by atoms with van der Waals surface area (Å²) in [6.45, 7) is 3.67. The van der Waals surface area contributed by atoms with Crippen molar-refractivity contribution in [1.29, 1.82) is 0 Å². The van der Waals surface area contributed by atoms with Crippen LogP contribution in [0.5, 0.6) is 0 Å². The fraction of sp³-hybridized carbons (Fsp3) is 0.333. The second-order valence-electron chi connectivity index (χ2n) is 6.46. The Morgan fingerprint density at radius 1 is 1.12 bits per heavy atom. The summed E-state index contributed by atoms with van der Waals surface area (Å²) in [5.74, 6) is 1.36. The Hall–Kier alpha value is -2.76. The van der Waals surface area contributed by atoms with Crippen LogP contribution in [-0.2, 0) is 0 Å². The molecule has 24 heavy (non-hydrogen) atoms. The first kappa shape index (κ1) is 14.8. The van der Waals surface area contributed by atoms with E-state index >= 15 is 0 Å². The molecule has 1 amide bonds. The van der Waals surface area contributed by atoms with Gasteiger partial charge in [-0.25, -0.2) is 9.50 Å². The largest absolute Gasteiger partial charge is 0.338 e. The highest BCUT2D eigenvalue weighted by atomic mass is 16.2. The highest BCUT2D eigenvalue weighted by molar-refractivity contribution is 5.94. The Balaban J connectivity index is 1.64. The molecule has 1 aromatic carbocycles. The van der Waals surface area contributed by atoms with Crippen LogP contribution in [0, 0.1) is 5.92 Å². The van der Waals surface area contributed by atoms with Crippen LogP contribution >= 0.6 is 0 Å². The monoisotopic (exact) mass is 321 g/mol. The number of carbonyl (C=O) groups is 1. The van der Waals surface area contributed by atoms with E-state index in [1.165, 1.54) is 6.33 Å². The molecule has 2 unspecified atom stereocenters. The molecule has 0 saturated carbocycles. The number of carbonyl (C=O) groups excluding carboxylic acids is 1. The Morgan fingerprint density at radius 2 is 1.96 bits per heavy atom. The smallest absolute Gasteiger partial charge is 0.253 e. The maximum atomic E-state index is 12.8. The molecule has 4 rings (SSSR count). The minimum Gasteiger partial charge on any atom is -0.338 e. The number of fused-ring (bicyclic) bond motifs is 1. The molecule has 0 bridgehead atoms. The summed E-state index contributed by atoms with van der Waals surface area (Å²) in [6, 6.07) is 11.5. The van der Waals surface area contributed by atoms with Gasteiger partial charge in [0, 0.05) is 30.8 Å². The SMILES string of the molecule is CC1CC(c2ccnc3ncnn23)CN(C(=O)c2ccccc2)C1. The standard InChI is InChI=1S/C18H19N5O/c1-13-9-15(16-7-8-19-18-20-12-21-23(16)18)11-22(10-13)17(24)14-5-3-2-4-6-14/h2-8,12-13,15H,9-11H2,1H3. The van der Waals surface area contributed by atoms with Crippen LogP contribution in [0.2, 0.25) is 0 Å². The third-order valence-corrected chi connectivity index (χ3v) is 4.60. The molecule has 0 radical (unpaired) electrons. The van der Waals surface area contributed by atoms with Gasteiger partial charge in [-0.15, -0.1) is 0 Å². The number of hydrogen-bond donors (Lipinski definition) is 0. The molecule has 6 heteroatoms. The highest BCUT2D eigenvalue weighted by Crippen LogP contribution is 2.30. The van der Waals surface area contributed by atoms with E-state index in [0.29, 0.717) is 18.2 Å². The van der Waals surface area contributed by atoms with Crippen molar-refractivity contribution in [3.63, 3.8) is 0 Å². The van der Waals surface area contributed by atoms with E-state index in [9.17, 15) is 4.79 Å². The van der Waals surface area contributed by atoms with E-state index in [1.807, 2.05) is 41.3 Å². The first-order chi connectivity index (χ1) is 11.7. The maximum absolute atomic E-state index is 12.8. The maximum Gasteiger partial charge on any atom is 0.253 e. The fourth-order valence-corrected chi connectivity index (χ4v) is 3.56. The van der Waals surface area contributed by atoms with Crippen molar-refractivity contribution in [3.05, 3.63) is 60.2 Å². The van der Waals surface area contributed by atoms with Gasteiger partial charge >= 0.3 is 0 Å². The zero-order valence-electron chi connectivity index (χ0n) is 13.5. The number of likely N-dealkylation sites (tertiary alicyclic amines) is 1. The third-order valence-electron chi connectivity index (χ3n) is 4.60. The number of nitrogens with zero attached hydrogens (tertiary/aromatic N) is 5. The molecule has 1 aliphatic heterocycles. The Kier molecular flexibility index (Phi) is 3.72. The summed E-state index contributed by atoms with van der Waals surface area (Å²) in [4.78, 5) is 23.2. The Morgan fingerprint density at radius 3 is 2.79 bits per heavy atom. The van der Waals surface area contributed by atoms with E-state index < -0.39 is 0 Å². The first-order valence-corrected chi connectivity index (χ1v) is 8.21. The lowest BCUT2D eigenvalue weighted by molar-refractivity contribution is 0.0655. The van der Waals surface area contributed by atoms with E-state index in [2.05, 4.69) is 22.0 Å². The van der Waals surface area contributed by atoms with Gasteiger partial charge in [0.1, 0.15) is 6.33 Å². The van der Waals surface area contributed by atoms with E-state index in [4.69, 9.17) is 0 Å². The molecule has 3 heterocycles. The lowest BCUT2D eigenvalue weighted by atomic mass is 9.87. The van der Waals surface area contributed by atoms with Crippen LogP contribution < -0.4 is 0 Å². The van der Waals surface area contributed by atoms with Crippen molar-refractivity contribution in [1.82, 2.24) is 24.5 Å². The van der Waals surface area contributed by atoms with Crippen LogP contribution in [0.4, 0.5) is 0 Å². The van der Waals surface area contributed by atoms with Gasteiger partial charge < -0.3 is 4.90 Å². The first-order valence-electron chi connectivity index (χ1n) is 8.21. The topological polar surface area (TPSA) is 63.4 Å². The lowest BCUT2D eigenvalue weighted by Gasteiger charge is -2.36. The normalized spacial score (nSPS) is 21.1. The molecule has 122 valence electrons. The van der Waals surface area contributed by atoms with E-state index in [-0.39, 0.29) is 11.8 Å². The quantitative estimate of drug-likeness (QED) is 0.727. The fourth-order valence-electron chi connectivity index (χ4n) is 3.56. The minimum absolute atomic E-state index is 0.0936. The molecule has 1 fully saturated rings. The van der Waals surface area contributed by atoms with E-state index in [1.54, 1.807) is 10.7 Å². The average molecular weight is 321 g/mol. The predicted molar refractivity (Wildman–Crippen MR) is 89.6 cm³/mol. The number of aromatic nitrogens is 4. The predicted octanol–water partition coefficient (Wildman–Crippen LogP) is 2.39. The van der Waals surface area contributed by atoms with Gasteiger partial charge in [-0.05, 0) is 30.5 Å². The lowest BCUT2D eigenvalue weighted by Crippen LogP contribution is -2.43. The van der Waals surface area contributed by atoms with Crippen molar-refractivity contribution in [3.8, 4) is 0 Å². The molecule has 3 aromatic rings. The molecule has 0 spiro atoms. The summed E-state index contributed by atoms with van der Waals surface area (Å²) >= 11 is 0. The van der Waals surface area contributed by atoms with Crippen LogP contribution in [0.25, 0.3) is 5.78 Å². The second kappa shape index (κ2) is 6.03. The van der Waals surface area contributed by atoms with Crippen LogP contribution in [0.15, 0.2) is 48.9 Å². The highest BCUT2D eigenvalue weighted by Gasteiger charge is 2.30. The number of rotatable bonds is 2. The molecular formula is C18H19N5O. The third kappa shape index (κ3) is 2.64. The summed E-state index contributed by atoms with van der Waals surface area (Å²) in [5.41, 5.74) is 1.81. The summed E-state index contributed by atoms with van der Waals surface area (Å²) in [6.07, 6.45) is 4.31. The van der Waals surface area contributed by atoms with Gasteiger partial charge in [0.2, 0.25) is 0 Å². The van der Waals surface area contributed by atoms with Gasteiger partial charge in [-0.3, -0.25) is 4.79 Å². The van der Waals surface area contributed by atoms with Crippen molar-refractivity contribution in [2.45, 2.75) is 19.3 Å². The van der Waals surface area contributed by atoms with Gasteiger partial charge in [-0.2, -0.15) is 10.1 Å². The van der Waals surface area contributed by atoms with Crippen LogP contribution in [0.3, 0.4) is 0 Å². The van der Waals surface area contributed by atoms with E-state index in [0.717, 1.165) is 24.2 Å². The van der Waals surface area contributed by atoms with Gasteiger partial charge in [0.15, 0.2) is 0 Å². The molecule has 2 aromatic heterocycles. The number of benzene rings is 1. The number of piperidine rings is 1. The zero-order chi connectivity index (χ0) is 16.5. The Bertz CT molecular complexity index is 860. The molecule has 0 N–H and O–H groups in total.